The van der Waals surface area contributed by atoms with Gasteiger partial charge in [-0.3, -0.25) is 0 Å². The van der Waals surface area contributed by atoms with Crippen molar-refractivity contribution in [3.8, 4) is 0 Å². The first-order chi connectivity index (χ1) is 6.89. The fourth-order valence-electron chi connectivity index (χ4n) is 2.31. The molecule has 0 aliphatic heterocycles. The van der Waals surface area contributed by atoms with Gasteiger partial charge in [0.05, 0.1) is 0 Å². The van der Waals surface area contributed by atoms with Crippen molar-refractivity contribution >= 4 is 0 Å². The van der Waals surface area contributed by atoms with Crippen molar-refractivity contribution in [2.24, 2.45) is 11.3 Å². The maximum atomic E-state index is 3.78. The van der Waals surface area contributed by atoms with Crippen LogP contribution >= 0.6 is 0 Å². The van der Waals surface area contributed by atoms with Crippen molar-refractivity contribution in [1.82, 2.24) is 5.32 Å². The first-order valence-corrected chi connectivity index (χ1v) is 6.17. The van der Waals surface area contributed by atoms with E-state index in [0.717, 1.165) is 12.3 Å². The third-order valence-electron chi connectivity index (χ3n) is 2.78. The normalized spacial score (nSPS) is 16.1. The van der Waals surface area contributed by atoms with E-state index in [-0.39, 0.29) is 0 Å². The van der Waals surface area contributed by atoms with Crippen molar-refractivity contribution in [2.45, 2.75) is 59.4 Å². The summed E-state index contributed by atoms with van der Waals surface area (Å²) in [5, 5.41) is 3.41. The number of rotatable bonds is 7. The summed E-state index contributed by atoms with van der Waals surface area (Å²) >= 11 is 0. The molecule has 0 saturated heterocycles. The summed E-state index contributed by atoms with van der Waals surface area (Å²) in [6, 6.07) is 0.653. The first kappa shape index (κ1) is 14.7. The molecule has 1 nitrogen and oxygen atoms in total. The number of allylic oxidation sites excluding steroid dienone is 1. The predicted molar refractivity (Wildman–Crippen MR) is 70.1 cm³/mol. The van der Waals surface area contributed by atoms with Gasteiger partial charge in [-0.05, 0) is 44.1 Å². The molecule has 0 aliphatic carbocycles. The van der Waals surface area contributed by atoms with Crippen molar-refractivity contribution in [3.63, 3.8) is 0 Å². The Morgan fingerprint density at radius 1 is 1.33 bits per heavy atom. The number of nitrogens with one attached hydrogen (secondary N) is 1. The zero-order chi connectivity index (χ0) is 11.9. The highest BCUT2D eigenvalue weighted by atomic mass is 14.9. The summed E-state index contributed by atoms with van der Waals surface area (Å²) in [7, 11) is 2.07. The van der Waals surface area contributed by atoms with E-state index in [1.54, 1.807) is 0 Å². The van der Waals surface area contributed by atoms with Crippen LogP contribution in [0.2, 0.25) is 0 Å². The minimum Gasteiger partial charge on any atom is -0.317 e. The highest BCUT2D eigenvalue weighted by molar-refractivity contribution is 4.76. The molecule has 0 aromatic carbocycles. The van der Waals surface area contributed by atoms with Crippen LogP contribution in [0.15, 0.2) is 12.7 Å². The van der Waals surface area contributed by atoms with E-state index in [2.05, 4.69) is 46.6 Å². The summed E-state index contributed by atoms with van der Waals surface area (Å²) < 4.78 is 0. The molecule has 0 heterocycles. The van der Waals surface area contributed by atoms with Gasteiger partial charge in [0, 0.05) is 6.04 Å². The molecule has 0 bridgehead atoms. The summed E-state index contributed by atoms with van der Waals surface area (Å²) in [6.45, 7) is 13.1. The van der Waals surface area contributed by atoms with E-state index in [1.807, 2.05) is 6.08 Å². The second-order valence-electron chi connectivity index (χ2n) is 5.96. The second kappa shape index (κ2) is 7.05. The van der Waals surface area contributed by atoms with E-state index < -0.39 is 0 Å². The largest absolute Gasteiger partial charge is 0.317 e. The van der Waals surface area contributed by atoms with E-state index >= 15 is 0 Å². The lowest BCUT2D eigenvalue weighted by molar-refractivity contribution is 0.274. The Morgan fingerprint density at radius 2 is 1.93 bits per heavy atom. The van der Waals surface area contributed by atoms with Crippen LogP contribution in [0.25, 0.3) is 0 Å². The molecule has 0 aromatic heterocycles. The van der Waals surface area contributed by atoms with Crippen molar-refractivity contribution in [2.75, 3.05) is 7.05 Å². The van der Waals surface area contributed by atoms with Crippen LogP contribution in [0.4, 0.5) is 0 Å². The van der Waals surface area contributed by atoms with Gasteiger partial charge in [-0.1, -0.05) is 33.8 Å². The van der Waals surface area contributed by atoms with Gasteiger partial charge >= 0.3 is 0 Å². The topological polar surface area (TPSA) is 12.0 Å². The Balaban J connectivity index is 3.89. The van der Waals surface area contributed by atoms with Gasteiger partial charge in [0.15, 0.2) is 0 Å². The third-order valence-corrected chi connectivity index (χ3v) is 2.78. The molecule has 90 valence electrons. The molecule has 1 heteroatoms. The SMILES string of the molecule is C=CCCC(CC(C)CC(C)(C)C)NC. The molecule has 0 fully saturated rings. The summed E-state index contributed by atoms with van der Waals surface area (Å²) in [5.74, 6) is 0.798. The molecule has 0 spiro atoms. The zero-order valence-electron chi connectivity index (χ0n) is 11.3. The molecular weight excluding hydrogens is 182 g/mol. The Bertz CT molecular complexity index is 167. The summed E-state index contributed by atoms with van der Waals surface area (Å²) in [6.07, 6.45) is 6.93. The predicted octanol–water partition coefficient (Wildman–Crippen LogP) is 4.00. The standard InChI is InChI=1S/C14H29N/c1-7-8-9-13(15-6)10-12(2)11-14(3,4)5/h7,12-13,15H,1,8-11H2,2-6H3. The van der Waals surface area contributed by atoms with Crippen LogP contribution in [-0.4, -0.2) is 13.1 Å². The van der Waals surface area contributed by atoms with E-state index in [4.69, 9.17) is 0 Å². The first-order valence-electron chi connectivity index (χ1n) is 6.17. The molecule has 2 unspecified atom stereocenters. The second-order valence-corrected chi connectivity index (χ2v) is 5.96. The molecule has 0 rings (SSSR count). The minimum absolute atomic E-state index is 0.455. The van der Waals surface area contributed by atoms with Crippen LogP contribution in [0.5, 0.6) is 0 Å². The summed E-state index contributed by atoms with van der Waals surface area (Å²) in [5.41, 5.74) is 0.455. The van der Waals surface area contributed by atoms with E-state index in [9.17, 15) is 0 Å². The van der Waals surface area contributed by atoms with Gasteiger partial charge in [0.1, 0.15) is 0 Å². The maximum Gasteiger partial charge on any atom is 0.00695 e. The van der Waals surface area contributed by atoms with Crippen LogP contribution in [-0.2, 0) is 0 Å². The van der Waals surface area contributed by atoms with E-state index in [0.29, 0.717) is 11.5 Å². The van der Waals surface area contributed by atoms with Gasteiger partial charge in [-0.25, -0.2) is 0 Å². The lowest BCUT2D eigenvalue weighted by atomic mass is 9.82. The Kier molecular flexibility index (Phi) is 6.91. The van der Waals surface area contributed by atoms with Crippen LogP contribution < -0.4 is 5.32 Å². The van der Waals surface area contributed by atoms with Crippen molar-refractivity contribution in [3.05, 3.63) is 12.7 Å². The van der Waals surface area contributed by atoms with Gasteiger partial charge < -0.3 is 5.32 Å². The Labute approximate surface area is 96.3 Å². The smallest absolute Gasteiger partial charge is 0.00695 e. The van der Waals surface area contributed by atoms with Crippen LogP contribution in [0, 0.1) is 11.3 Å². The van der Waals surface area contributed by atoms with Gasteiger partial charge in [0.2, 0.25) is 0 Å². The van der Waals surface area contributed by atoms with Gasteiger partial charge in [-0.2, -0.15) is 0 Å². The van der Waals surface area contributed by atoms with Crippen LogP contribution in [0.1, 0.15) is 53.4 Å². The van der Waals surface area contributed by atoms with E-state index in [1.165, 1.54) is 19.3 Å². The lowest BCUT2D eigenvalue weighted by Gasteiger charge is -2.26. The molecule has 0 saturated carbocycles. The lowest BCUT2D eigenvalue weighted by Crippen LogP contribution is -2.28. The third kappa shape index (κ3) is 8.68. The minimum atomic E-state index is 0.455. The van der Waals surface area contributed by atoms with Gasteiger partial charge in [0.25, 0.3) is 0 Å². The fraction of sp³-hybridized carbons (Fsp3) is 0.857. The molecule has 0 amide bonds. The number of hydrogen-bond acceptors (Lipinski definition) is 1. The molecule has 1 N–H and O–H groups in total. The highest BCUT2D eigenvalue weighted by Crippen LogP contribution is 2.27. The number of hydrogen-bond donors (Lipinski definition) is 1. The molecule has 0 aliphatic rings. The monoisotopic (exact) mass is 211 g/mol. The molecule has 0 aromatic rings. The summed E-state index contributed by atoms with van der Waals surface area (Å²) in [4.78, 5) is 0. The molecule has 2 atom stereocenters. The van der Waals surface area contributed by atoms with Crippen molar-refractivity contribution in [1.29, 1.82) is 0 Å². The Morgan fingerprint density at radius 3 is 2.33 bits per heavy atom. The average Bonchev–Trinajstić information content (AvgIpc) is 2.09. The highest BCUT2D eigenvalue weighted by Gasteiger charge is 2.17. The van der Waals surface area contributed by atoms with Crippen molar-refractivity contribution < 1.29 is 0 Å². The van der Waals surface area contributed by atoms with Crippen LogP contribution in [0.3, 0.4) is 0 Å². The molecule has 0 radical (unpaired) electrons. The van der Waals surface area contributed by atoms with Gasteiger partial charge in [-0.15, -0.1) is 6.58 Å². The molecular formula is C14H29N. The quantitative estimate of drug-likeness (QED) is 0.628. The zero-order valence-corrected chi connectivity index (χ0v) is 11.3. The fourth-order valence-corrected chi connectivity index (χ4v) is 2.31. The Hall–Kier alpha value is -0.300. The molecule has 15 heavy (non-hydrogen) atoms. The average molecular weight is 211 g/mol. The maximum absolute atomic E-state index is 3.78.